The Morgan fingerprint density at radius 3 is 2.53 bits per heavy atom. The van der Waals surface area contributed by atoms with Crippen LogP contribution in [0, 0.1) is 5.41 Å². The quantitative estimate of drug-likeness (QED) is 0.418. The molecule has 1 aliphatic rings. The molecule has 0 aliphatic heterocycles. The molecule has 3 aromatic rings. The summed E-state index contributed by atoms with van der Waals surface area (Å²) in [6.07, 6.45) is -4.31. The van der Waals surface area contributed by atoms with Gasteiger partial charge < -0.3 is 5.32 Å². The number of carbonyl (C=O) groups excluding carboxylic acids is 1. The Hall–Kier alpha value is -3.20. The second kappa shape index (κ2) is 10.0. The van der Waals surface area contributed by atoms with Crippen molar-refractivity contribution in [2.75, 3.05) is 0 Å². The Balaban J connectivity index is 1.62. The number of benzene rings is 2. The molecule has 0 atom stereocenters. The van der Waals surface area contributed by atoms with Crippen LogP contribution in [0.4, 0.5) is 13.2 Å². The van der Waals surface area contributed by atoms with Crippen LogP contribution in [0.15, 0.2) is 47.3 Å². The van der Waals surface area contributed by atoms with Crippen LogP contribution in [0.25, 0.3) is 22.8 Å². The summed E-state index contributed by atoms with van der Waals surface area (Å²) in [6, 6.07) is 12.3. The van der Waals surface area contributed by atoms with Gasteiger partial charge in [-0.05, 0) is 48.1 Å². The Morgan fingerprint density at radius 1 is 1.14 bits per heavy atom. The van der Waals surface area contributed by atoms with E-state index >= 15 is 0 Å². The first-order chi connectivity index (χ1) is 17.0. The van der Waals surface area contributed by atoms with Crippen LogP contribution in [0.5, 0.6) is 0 Å². The van der Waals surface area contributed by atoms with Crippen LogP contribution in [-0.4, -0.2) is 27.0 Å². The number of nitrogens with zero attached hydrogens (tertiary/aromatic N) is 2. The molecule has 190 valence electrons. The number of amides is 1. The number of halogens is 4. The van der Waals surface area contributed by atoms with Crippen LogP contribution in [0.3, 0.4) is 0 Å². The van der Waals surface area contributed by atoms with Gasteiger partial charge in [-0.15, -0.1) is 0 Å². The number of hydrogen-bond donors (Lipinski definition) is 2. The number of aromatic amines is 1. The van der Waals surface area contributed by atoms with Crippen molar-refractivity contribution in [3.8, 4) is 22.8 Å². The van der Waals surface area contributed by atoms with Gasteiger partial charge in [0.15, 0.2) is 5.82 Å². The standard InChI is InChI=1S/C26H26ClF3N4O2/c1-15(2)17-6-5-7-18(13-17)21-32-22(34-24(36)33-21)19-12-16(8-9-20(19)27)14-31-23(35)25(26(28,29)30)10-3-4-11-25/h5-9,12-13,15H,3-4,10-11,14H2,1-2H3,(H,31,35)(H,32,33,34,36). The zero-order valence-electron chi connectivity index (χ0n) is 19.9. The van der Waals surface area contributed by atoms with E-state index in [2.05, 4.69) is 34.1 Å². The van der Waals surface area contributed by atoms with Crippen LogP contribution in [-0.2, 0) is 11.3 Å². The van der Waals surface area contributed by atoms with Gasteiger partial charge >= 0.3 is 11.9 Å². The molecule has 10 heteroatoms. The zero-order chi connectivity index (χ0) is 26.1. The molecule has 2 N–H and O–H groups in total. The van der Waals surface area contributed by atoms with Gasteiger partial charge in [0.2, 0.25) is 5.91 Å². The van der Waals surface area contributed by atoms with Crippen LogP contribution >= 0.6 is 11.6 Å². The molecule has 0 spiro atoms. The number of rotatable bonds is 6. The van der Waals surface area contributed by atoms with E-state index in [4.69, 9.17) is 11.6 Å². The van der Waals surface area contributed by atoms with E-state index in [-0.39, 0.29) is 42.0 Å². The minimum atomic E-state index is -4.61. The van der Waals surface area contributed by atoms with Gasteiger partial charge in [-0.2, -0.15) is 18.2 Å². The van der Waals surface area contributed by atoms with E-state index in [1.54, 1.807) is 24.3 Å². The van der Waals surface area contributed by atoms with Crippen molar-refractivity contribution in [3.05, 3.63) is 69.1 Å². The maximum Gasteiger partial charge on any atom is 0.403 e. The van der Waals surface area contributed by atoms with Gasteiger partial charge in [-0.1, -0.05) is 62.6 Å². The molecular formula is C26H26ClF3N4O2. The largest absolute Gasteiger partial charge is 0.403 e. The van der Waals surface area contributed by atoms with Crippen molar-refractivity contribution in [1.82, 2.24) is 20.3 Å². The van der Waals surface area contributed by atoms with E-state index in [1.807, 2.05) is 18.2 Å². The topological polar surface area (TPSA) is 87.7 Å². The van der Waals surface area contributed by atoms with Gasteiger partial charge in [0.25, 0.3) is 0 Å². The monoisotopic (exact) mass is 518 g/mol. The highest BCUT2D eigenvalue weighted by atomic mass is 35.5. The fourth-order valence-electron chi connectivity index (χ4n) is 4.51. The molecule has 0 saturated heterocycles. The van der Waals surface area contributed by atoms with Crippen LogP contribution < -0.4 is 11.0 Å². The third-order valence-electron chi connectivity index (χ3n) is 6.64. The van der Waals surface area contributed by atoms with Crippen molar-refractivity contribution in [2.45, 2.75) is 58.2 Å². The van der Waals surface area contributed by atoms with E-state index in [0.717, 1.165) is 5.56 Å². The first-order valence-electron chi connectivity index (χ1n) is 11.7. The Kier molecular flexibility index (Phi) is 7.22. The van der Waals surface area contributed by atoms with E-state index in [1.165, 1.54) is 0 Å². The molecule has 4 rings (SSSR count). The molecule has 36 heavy (non-hydrogen) atoms. The third kappa shape index (κ3) is 5.16. The van der Waals surface area contributed by atoms with Gasteiger partial charge in [0.05, 0.1) is 5.02 Å². The van der Waals surface area contributed by atoms with E-state index in [0.29, 0.717) is 29.5 Å². The summed E-state index contributed by atoms with van der Waals surface area (Å²) in [4.78, 5) is 36.0. The zero-order valence-corrected chi connectivity index (χ0v) is 20.6. The molecule has 1 heterocycles. The van der Waals surface area contributed by atoms with Crippen molar-refractivity contribution in [3.63, 3.8) is 0 Å². The minimum Gasteiger partial charge on any atom is -0.351 e. The van der Waals surface area contributed by atoms with Gasteiger partial charge in [-0.25, -0.2) is 9.78 Å². The molecule has 0 radical (unpaired) electrons. The Bertz CT molecular complexity index is 1330. The average Bonchev–Trinajstić information content (AvgIpc) is 3.35. The van der Waals surface area contributed by atoms with Gasteiger partial charge in [0, 0.05) is 17.7 Å². The van der Waals surface area contributed by atoms with E-state index in [9.17, 15) is 22.8 Å². The molecule has 1 fully saturated rings. The molecule has 1 aromatic heterocycles. The normalized spacial score (nSPS) is 15.3. The molecular weight excluding hydrogens is 493 g/mol. The summed E-state index contributed by atoms with van der Waals surface area (Å²) < 4.78 is 41.1. The summed E-state index contributed by atoms with van der Waals surface area (Å²) in [5.74, 6) is -0.361. The lowest BCUT2D eigenvalue weighted by atomic mass is 9.84. The van der Waals surface area contributed by atoms with Crippen molar-refractivity contribution >= 4 is 17.5 Å². The van der Waals surface area contributed by atoms with Crippen molar-refractivity contribution in [1.29, 1.82) is 0 Å². The SMILES string of the molecule is CC(C)c1cccc(-c2nc(-c3cc(CNC(=O)C4(C(F)(F)F)CCCC4)ccc3Cl)[nH]c(=O)n2)c1. The van der Waals surface area contributed by atoms with Crippen molar-refractivity contribution < 1.29 is 18.0 Å². The number of carbonyl (C=O) groups is 1. The predicted molar refractivity (Wildman–Crippen MR) is 131 cm³/mol. The number of hydrogen-bond acceptors (Lipinski definition) is 4. The second-order valence-corrected chi connectivity index (χ2v) is 9.80. The van der Waals surface area contributed by atoms with Crippen LogP contribution in [0.2, 0.25) is 5.02 Å². The summed E-state index contributed by atoms with van der Waals surface area (Å²) >= 11 is 6.38. The molecule has 1 aliphatic carbocycles. The molecule has 1 saturated carbocycles. The summed E-state index contributed by atoms with van der Waals surface area (Å²) in [6.45, 7) is 3.98. The average molecular weight is 519 g/mol. The smallest absolute Gasteiger partial charge is 0.351 e. The molecule has 6 nitrogen and oxygen atoms in total. The predicted octanol–water partition coefficient (Wildman–Crippen LogP) is 6.01. The number of alkyl halides is 3. The number of nitrogens with one attached hydrogen (secondary N) is 2. The minimum absolute atomic E-state index is 0.126. The lowest BCUT2D eigenvalue weighted by Gasteiger charge is -2.30. The summed E-state index contributed by atoms with van der Waals surface area (Å²) in [5.41, 5.74) is -0.348. The highest BCUT2D eigenvalue weighted by molar-refractivity contribution is 6.33. The molecule has 1 amide bonds. The fourth-order valence-corrected chi connectivity index (χ4v) is 4.72. The van der Waals surface area contributed by atoms with Gasteiger partial charge in [0.1, 0.15) is 11.2 Å². The first kappa shape index (κ1) is 25.9. The van der Waals surface area contributed by atoms with Crippen molar-refractivity contribution in [2.24, 2.45) is 5.41 Å². The maximum atomic E-state index is 13.7. The Morgan fingerprint density at radius 2 is 1.86 bits per heavy atom. The van der Waals surface area contributed by atoms with E-state index < -0.39 is 23.2 Å². The molecule has 0 unspecified atom stereocenters. The first-order valence-corrected chi connectivity index (χ1v) is 12.1. The Labute approximate surface area is 211 Å². The fraction of sp³-hybridized carbons (Fsp3) is 0.385. The summed E-state index contributed by atoms with van der Waals surface area (Å²) in [5, 5.41) is 2.73. The molecule has 0 bridgehead atoms. The number of aromatic nitrogens is 3. The highest BCUT2D eigenvalue weighted by Crippen LogP contribution is 2.50. The maximum absolute atomic E-state index is 13.7. The third-order valence-corrected chi connectivity index (χ3v) is 6.96. The van der Waals surface area contributed by atoms with Gasteiger partial charge in [-0.3, -0.25) is 9.78 Å². The number of H-pyrrole nitrogens is 1. The van der Waals surface area contributed by atoms with Crippen LogP contribution in [0.1, 0.15) is 56.6 Å². The summed E-state index contributed by atoms with van der Waals surface area (Å²) in [7, 11) is 0. The lowest BCUT2D eigenvalue weighted by molar-refractivity contribution is -0.220. The lowest BCUT2D eigenvalue weighted by Crippen LogP contribution is -2.48. The highest BCUT2D eigenvalue weighted by Gasteiger charge is 2.60. The second-order valence-electron chi connectivity index (χ2n) is 9.39. The molecule has 2 aromatic carbocycles.